The highest BCUT2D eigenvalue weighted by Gasteiger charge is 2.17. The number of benzene rings is 4. The molecule has 286 valence electrons. The number of oxazole rings is 1. The van der Waals surface area contributed by atoms with Gasteiger partial charge in [-0.15, -0.1) is 0 Å². The first kappa shape index (κ1) is 38.6. The van der Waals surface area contributed by atoms with Crippen LogP contribution in [0.3, 0.4) is 0 Å². The van der Waals surface area contributed by atoms with E-state index in [9.17, 15) is 5.26 Å². The lowest BCUT2D eigenvalue weighted by atomic mass is 9.93. The highest BCUT2D eigenvalue weighted by atomic mass is 35.5. The largest absolute Gasteiger partial charge is 0.493 e. The minimum atomic E-state index is 0.207. The molecule has 1 saturated heterocycles. The van der Waals surface area contributed by atoms with E-state index in [2.05, 4.69) is 76.5 Å². The summed E-state index contributed by atoms with van der Waals surface area (Å²) in [4.78, 5) is 11.1. The fourth-order valence-corrected chi connectivity index (χ4v) is 7.25. The zero-order valence-corrected chi connectivity index (χ0v) is 32.6. The Hall–Kier alpha value is -5.66. The number of rotatable bonds is 17. The number of aromatic nitrogens is 2. The second kappa shape index (κ2) is 18.8. The molecule has 0 spiro atoms. The minimum Gasteiger partial charge on any atom is -0.493 e. The number of nitriles is 1. The van der Waals surface area contributed by atoms with E-state index in [4.69, 9.17) is 30.2 Å². The summed E-state index contributed by atoms with van der Waals surface area (Å²) in [6, 6.07) is 30.0. The molecule has 2 aromatic heterocycles. The molecule has 7 rings (SSSR count). The van der Waals surface area contributed by atoms with Crippen molar-refractivity contribution in [2.45, 2.75) is 59.4 Å². The molecular weight excluding hydrogens is 722 g/mol. The standard InChI is InChI=1S/C46H46ClN5O4/c1-32-37(13-8-14-39(32)40-15-9-16-42(33(40)2)53-20-10-19-52-17-6-7-18-52)31-55-44-23-43(54-30-35-21-34(24-48)25-49-26-35)38(22-41(44)47)27-50-29-46-51-28-45(56-46)36-11-4-3-5-12-36/h3-5,8-9,11-16,21-23,25-26,28,50H,6-7,10,17-20,27,29-31H2,1-2H3. The summed E-state index contributed by atoms with van der Waals surface area (Å²) in [6.45, 7) is 9.80. The van der Waals surface area contributed by atoms with Crippen LogP contribution in [0.2, 0.25) is 5.02 Å². The van der Waals surface area contributed by atoms with Gasteiger partial charge < -0.3 is 28.8 Å². The van der Waals surface area contributed by atoms with E-state index in [1.54, 1.807) is 18.5 Å². The van der Waals surface area contributed by atoms with E-state index < -0.39 is 0 Å². The Morgan fingerprint density at radius 2 is 1.57 bits per heavy atom. The zero-order chi connectivity index (χ0) is 38.7. The minimum absolute atomic E-state index is 0.207. The lowest BCUT2D eigenvalue weighted by molar-refractivity contribution is 0.262. The van der Waals surface area contributed by atoms with Crippen LogP contribution in [0.5, 0.6) is 17.2 Å². The van der Waals surface area contributed by atoms with E-state index in [1.165, 1.54) is 32.1 Å². The Morgan fingerprint density at radius 3 is 2.39 bits per heavy atom. The molecule has 9 nitrogen and oxygen atoms in total. The summed E-state index contributed by atoms with van der Waals surface area (Å²) in [5.41, 5.74) is 8.61. The van der Waals surface area contributed by atoms with Crippen molar-refractivity contribution >= 4 is 11.6 Å². The quantitative estimate of drug-likeness (QED) is 0.0908. The SMILES string of the molecule is Cc1c(COc2cc(OCc3cncc(C#N)c3)c(CNCc3ncc(-c4ccccc4)o3)cc2Cl)cccc1-c1cccc(OCCCN2CCCC2)c1C. The molecule has 1 fully saturated rings. The second-order valence-electron chi connectivity index (χ2n) is 14.0. The number of halogens is 1. The van der Waals surface area contributed by atoms with Gasteiger partial charge in [0.1, 0.15) is 36.5 Å². The lowest BCUT2D eigenvalue weighted by Crippen LogP contribution is -2.22. The molecule has 0 aliphatic carbocycles. The van der Waals surface area contributed by atoms with Crippen LogP contribution in [0.1, 0.15) is 58.5 Å². The van der Waals surface area contributed by atoms with Crippen LogP contribution >= 0.6 is 11.6 Å². The summed E-state index contributed by atoms with van der Waals surface area (Å²) >= 11 is 6.88. The van der Waals surface area contributed by atoms with Crippen molar-refractivity contribution in [3.05, 3.63) is 148 Å². The molecule has 0 radical (unpaired) electrons. The van der Waals surface area contributed by atoms with Gasteiger partial charge >= 0.3 is 0 Å². The van der Waals surface area contributed by atoms with Crippen LogP contribution < -0.4 is 19.5 Å². The Morgan fingerprint density at radius 1 is 0.786 bits per heavy atom. The number of hydrogen-bond donors (Lipinski definition) is 1. The molecule has 56 heavy (non-hydrogen) atoms. The topological polar surface area (TPSA) is 106 Å². The third kappa shape index (κ3) is 9.76. The van der Waals surface area contributed by atoms with Gasteiger partial charge in [0.2, 0.25) is 5.89 Å². The highest BCUT2D eigenvalue weighted by molar-refractivity contribution is 6.32. The third-order valence-corrected chi connectivity index (χ3v) is 10.4. The predicted octanol–water partition coefficient (Wildman–Crippen LogP) is 9.86. The summed E-state index contributed by atoms with van der Waals surface area (Å²) in [6.07, 6.45) is 8.58. The average molecular weight is 768 g/mol. The molecule has 10 heteroatoms. The number of ether oxygens (including phenoxy) is 3. The third-order valence-electron chi connectivity index (χ3n) is 10.1. The van der Waals surface area contributed by atoms with Gasteiger partial charge in [-0.25, -0.2) is 4.98 Å². The maximum Gasteiger partial charge on any atom is 0.208 e. The van der Waals surface area contributed by atoms with Crippen LogP contribution in [0.15, 0.2) is 108 Å². The van der Waals surface area contributed by atoms with E-state index in [0.717, 1.165) is 63.2 Å². The van der Waals surface area contributed by atoms with Crippen molar-refractivity contribution in [1.29, 1.82) is 5.26 Å². The fourth-order valence-electron chi connectivity index (χ4n) is 7.01. The van der Waals surface area contributed by atoms with Gasteiger partial charge in [0.25, 0.3) is 0 Å². The highest BCUT2D eigenvalue weighted by Crippen LogP contribution is 2.36. The van der Waals surface area contributed by atoms with Crippen LogP contribution in [-0.2, 0) is 26.3 Å². The molecule has 1 N–H and O–H groups in total. The molecule has 0 bridgehead atoms. The molecule has 1 aliphatic rings. The van der Waals surface area contributed by atoms with Crippen molar-refractivity contribution in [3.8, 4) is 45.8 Å². The summed E-state index contributed by atoms with van der Waals surface area (Å²) in [7, 11) is 0. The number of hydrogen-bond acceptors (Lipinski definition) is 9. The number of nitrogens with one attached hydrogen (secondary N) is 1. The van der Waals surface area contributed by atoms with Gasteiger partial charge in [-0.2, -0.15) is 5.26 Å². The van der Waals surface area contributed by atoms with Crippen molar-refractivity contribution in [2.24, 2.45) is 0 Å². The van der Waals surface area contributed by atoms with Crippen molar-refractivity contribution in [3.63, 3.8) is 0 Å². The predicted molar refractivity (Wildman–Crippen MR) is 219 cm³/mol. The van der Waals surface area contributed by atoms with Crippen LogP contribution in [0.25, 0.3) is 22.5 Å². The Kier molecular flexibility index (Phi) is 13.0. The maximum absolute atomic E-state index is 9.38. The molecule has 6 aromatic rings. The molecule has 3 heterocycles. The summed E-state index contributed by atoms with van der Waals surface area (Å²) in [5.74, 6) is 3.29. The molecule has 0 amide bonds. The molecular formula is C46H46ClN5O4. The van der Waals surface area contributed by atoms with Gasteiger partial charge in [-0.3, -0.25) is 4.98 Å². The van der Waals surface area contributed by atoms with E-state index in [0.29, 0.717) is 60.0 Å². The number of pyridine rings is 1. The Bertz CT molecular complexity index is 2280. The first-order valence-corrected chi connectivity index (χ1v) is 19.5. The first-order chi connectivity index (χ1) is 27.4. The fraction of sp³-hybridized carbons (Fsp3) is 0.283. The monoisotopic (exact) mass is 767 g/mol. The van der Waals surface area contributed by atoms with Crippen molar-refractivity contribution in [2.75, 3.05) is 26.2 Å². The van der Waals surface area contributed by atoms with E-state index in [-0.39, 0.29) is 6.61 Å². The first-order valence-electron chi connectivity index (χ1n) is 19.1. The van der Waals surface area contributed by atoms with Gasteiger partial charge in [0, 0.05) is 48.2 Å². The smallest absolute Gasteiger partial charge is 0.208 e. The number of likely N-dealkylation sites (tertiary alicyclic amines) is 1. The second-order valence-corrected chi connectivity index (χ2v) is 14.4. The van der Waals surface area contributed by atoms with Gasteiger partial charge in [-0.05, 0) is 92.2 Å². The van der Waals surface area contributed by atoms with Gasteiger partial charge in [0.15, 0.2) is 5.76 Å². The molecule has 4 aromatic carbocycles. The van der Waals surface area contributed by atoms with Crippen LogP contribution in [0, 0.1) is 25.2 Å². The molecule has 1 aliphatic heterocycles. The van der Waals surface area contributed by atoms with Crippen LogP contribution in [-0.4, -0.2) is 41.1 Å². The van der Waals surface area contributed by atoms with Gasteiger partial charge in [0.05, 0.1) is 29.9 Å². The van der Waals surface area contributed by atoms with Crippen molar-refractivity contribution < 1.29 is 18.6 Å². The Balaban J connectivity index is 1.05. The van der Waals surface area contributed by atoms with Crippen molar-refractivity contribution in [1.82, 2.24) is 20.2 Å². The molecule has 0 saturated carbocycles. The summed E-state index contributed by atoms with van der Waals surface area (Å²) in [5, 5.41) is 13.2. The number of nitrogens with zero attached hydrogens (tertiary/aromatic N) is 4. The molecule has 0 atom stereocenters. The normalized spacial score (nSPS) is 12.8. The van der Waals surface area contributed by atoms with Crippen LogP contribution in [0.4, 0.5) is 0 Å². The zero-order valence-electron chi connectivity index (χ0n) is 31.9. The lowest BCUT2D eigenvalue weighted by Gasteiger charge is -2.18. The molecule has 0 unspecified atom stereocenters. The maximum atomic E-state index is 9.38. The Labute approximate surface area is 333 Å². The van der Waals surface area contributed by atoms with E-state index in [1.807, 2.05) is 42.5 Å². The van der Waals surface area contributed by atoms with Gasteiger partial charge in [-0.1, -0.05) is 72.3 Å². The van der Waals surface area contributed by atoms with E-state index >= 15 is 0 Å². The average Bonchev–Trinajstić information content (AvgIpc) is 3.93. The summed E-state index contributed by atoms with van der Waals surface area (Å²) < 4.78 is 25.0.